The van der Waals surface area contributed by atoms with Gasteiger partial charge in [0.2, 0.25) is 11.8 Å². The number of hydrogen-bond donors (Lipinski definition) is 1. The van der Waals surface area contributed by atoms with E-state index >= 15 is 0 Å². The second-order valence-electron chi connectivity index (χ2n) is 6.37. The van der Waals surface area contributed by atoms with E-state index in [1.807, 2.05) is 11.8 Å². The Morgan fingerprint density at radius 1 is 1.40 bits per heavy atom. The molecule has 6 nitrogen and oxygen atoms in total. The highest BCUT2D eigenvalue weighted by Gasteiger charge is 2.27. The molecular weight excluding hydrogens is 323 g/mol. The van der Waals surface area contributed by atoms with Crippen LogP contribution in [0, 0.1) is 11.7 Å². The van der Waals surface area contributed by atoms with Crippen molar-refractivity contribution in [2.24, 2.45) is 5.92 Å². The number of anilines is 1. The number of amides is 1. The molecule has 3 rings (SSSR count). The topological polar surface area (TPSA) is 71.3 Å². The number of hydrogen-bond acceptors (Lipinski definition) is 5. The summed E-state index contributed by atoms with van der Waals surface area (Å²) >= 11 is 0. The van der Waals surface area contributed by atoms with Crippen LogP contribution >= 0.6 is 0 Å². The maximum atomic E-state index is 13.0. The molecule has 1 N–H and O–H groups in total. The first kappa shape index (κ1) is 17.4. The molecule has 1 fully saturated rings. The minimum absolute atomic E-state index is 0.0423. The molecule has 1 aromatic heterocycles. The molecule has 1 aromatic carbocycles. The van der Waals surface area contributed by atoms with E-state index in [-0.39, 0.29) is 17.6 Å². The number of nitrogens with one attached hydrogen (secondary N) is 1. The normalized spacial score (nSPS) is 17.5. The van der Waals surface area contributed by atoms with Gasteiger partial charge in [-0.1, -0.05) is 19.1 Å². The van der Waals surface area contributed by atoms with Crippen LogP contribution in [0.25, 0.3) is 0 Å². The van der Waals surface area contributed by atoms with Crippen molar-refractivity contribution in [1.29, 1.82) is 0 Å². The fourth-order valence-electron chi connectivity index (χ4n) is 2.99. The third kappa shape index (κ3) is 4.55. The quantitative estimate of drug-likeness (QED) is 0.870. The van der Waals surface area contributed by atoms with Gasteiger partial charge in [-0.15, -0.1) is 0 Å². The van der Waals surface area contributed by atoms with Crippen molar-refractivity contribution in [3.63, 3.8) is 0 Å². The van der Waals surface area contributed by atoms with Crippen LogP contribution in [0.1, 0.15) is 37.6 Å². The van der Waals surface area contributed by atoms with Crippen LogP contribution in [0.15, 0.2) is 28.8 Å². The number of piperidine rings is 1. The Bertz CT molecular complexity index is 701. The first-order valence-corrected chi connectivity index (χ1v) is 8.75. The van der Waals surface area contributed by atoms with E-state index in [9.17, 15) is 9.18 Å². The van der Waals surface area contributed by atoms with E-state index < -0.39 is 0 Å². The zero-order valence-electron chi connectivity index (χ0n) is 14.4. The second kappa shape index (κ2) is 8.09. The number of halogens is 1. The summed E-state index contributed by atoms with van der Waals surface area (Å²) in [5.74, 6) is 0.792. The molecule has 2 aromatic rings. The van der Waals surface area contributed by atoms with Crippen molar-refractivity contribution < 1.29 is 13.7 Å². The van der Waals surface area contributed by atoms with Crippen molar-refractivity contribution in [2.75, 3.05) is 24.5 Å². The van der Waals surface area contributed by atoms with Crippen molar-refractivity contribution in [2.45, 2.75) is 32.6 Å². The van der Waals surface area contributed by atoms with Crippen LogP contribution in [-0.2, 0) is 11.2 Å². The molecular formula is C18H23FN4O2. The third-order valence-corrected chi connectivity index (χ3v) is 4.35. The van der Waals surface area contributed by atoms with Crippen LogP contribution in [0.4, 0.5) is 10.3 Å². The van der Waals surface area contributed by atoms with Gasteiger partial charge in [-0.25, -0.2) is 4.39 Å². The SMILES string of the molecule is CCCNC(=O)C1CCCN(c2noc(Cc3ccc(F)cc3)n2)C1. The van der Waals surface area contributed by atoms with Crippen LogP contribution in [0.5, 0.6) is 0 Å². The largest absolute Gasteiger partial charge is 0.356 e. The zero-order valence-corrected chi connectivity index (χ0v) is 14.4. The van der Waals surface area contributed by atoms with E-state index in [0.717, 1.165) is 31.4 Å². The van der Waals surface area contributed by atoms with Gasteiger partial charge in [0.15, 0.2) is 0 Å². The van der Waals surface area contributed by atoms with Gasteiger partial charge in [-0.2, -0.15) is 4.98 Å². The Hall–Kier alpha value is -2.44. The standard InChI is InChI=1S/C18H23FN4O2/c1-2-9-20-17(24)14-4-3-10-23(12-14)18-21-16(25-22-18)11-13-5-7-15(19)8-6-13/h5-8,14H,2-4,9-12H2,1H3,(H,20,24). The molecule has 25 heavy (non-hydrogen) atoms. The summed E-state index contributed by atoms with van der Waals surface area (Å²) in [6.07, 6.45) is 3.19. The average Bonchev–Trinajstić information content (AvgIpc) is 3.10. The van der Waals surface area contributed by atoms with Crippen molar-refractivity contribution in [3.8, 4) is 0 Å². The highest BCUT2D eigenvalue weighted by Crippen LogP contribution is 2.21. The van der Waals surface area contributed by atoms with Gasteiger partial charge in [0.25, 0.3) is 5.95 Å². The van der Waals surface area contributed by atoms with E-state index in [1.54, 1.807) is 12.1 Å². The first-order valence-electron chi connectivity index (χ1n) is 8.75. The number of nitrogens with zero attached hydrogens (tertiary/aromatic N) is 3. The van der Waals surface area contributed by atoms with E-state index in [4.69, 9.17) is 4.52 Å². The van der Waals surface area contributed by atoms with E-state index in [2.05, 4.69) is 15.5 Å². The molecule has 0 aliphatic carbocycles. The zero-order chi connectivity index (χ0) is 17.6. The highest BCUT2D eigenvalue weighted by atomic mass is 19.1. The van der Waals surface area contributed by atoms with E-state index in [1.165, 1.54) is 12.1 Å². The Morgan fingerprint density at radius 3 is 2.96 bits per heavy atom. The summed E-state index contributed by atoms with van der Waals surface area (Å²) in [5.41, 5.74) is 0.909. The molecule has 134 valence electrons. The summed E-state index contributed by atoms with van der Waals surface area (Å²) in [5, 5.41) is 7.00. The maximum Gasteiger partial charge on any atom is 0.266 e. The molecule has 7 heteroatoms. The smallest absolute Gasteiger partial charge is 0.266 e. The minimum Gasteiger partial charge on any atom is -0.356 e. The van der Waals surface area contributed by atoms with Gasteiger partial charge in [0.05, 0.1) is 12.3 Å². The molecule has 1 amide bonds. The van der Waals surface area contributed by atoms with Gasteiger partial charge in [-0.05, 0) is 42.1 Å². The Kier molecular flexibility index (Phi) is 5.63. The van der Waals surface area contributed by atoms with Crippen molar-refractivity contribution >= 4 is 11.9 Å². The monoisotopic (exact) mass is 346 g/mol. The molecule has 1 unspecified atom stereocenters. The predicted octanol–water partition coefficient (Wildman–Crippen LogP) is 2.54. The highest BCUT2D eigenvalue weighted by molar-refractivity contribution is 5.79. The van der Waals surface area contributed by atoms with Gasteiger partial charge in [0, 0.05) is 19.6 Å². The Labute approximate surface area is 146 Å². The van der Waals surface area contributed by atoms with Crippen LogP contribution in [0.2, 0.25) is 0 Å². The average molecular weight is 346 g/mol. The van der Waals surface area contributed by atoms with Crippen molar-refractivity contribution in [1.82, 2.24) is 15.5 Å². The molecule has 1 atom stereocenters. The Morgan fingerprint density at radius 2 is 2.20 bits per heavy atom. The number of carbonyl (C=O) groups excluding carboxylic acids is 1. The summed E-state index contributed by atoms with van der Waals surface area (Å²) in [7, 11) is 0. The number of aromatic nitrogens is 2. The second-order valence-corrected chi connectivity index (χ2v) is 6.37. The molecule has 1 aliphatic heterocycles. The lowest BCUT2D eigenvalue weighted by atomic mass is 9.97. The van der Waals surface area contributed by atoms with E-state index in [0.29, 0.717) is 31.3 Å². The summed E-state index contributed by atoms with van der Waals surface area (Å²) in [6.45, 7) is 4.16. The predicted molar refractivity (Wildman–Crippen MR) is 91.7 cm³/mol. The van der Waals surface area contributed by atoms with Gasteiger partial charge in [-0.3, -0.25) is 4.79 Å². The van der Waals surface area contributed by atoms with Gasteiger partial charge in [0.1, 0.15) is 5.82 Å². The number of benzene rings is 1. The lowest BCUT2D eigenvalue weighted by Crippen LogP contribution is -2.43. The summed E-state index contributed by atoms with van der Waals surface area (Å²) in [4.78, 5) is 18.6. The molecule has 1 saturated heterocycles. The molecule has 0 radical (unpaired) electrons. The fourth-order valence-corrected chi connectivity index (χ4v) is 2.99. The van der Waals surface area contributed by atoms with Crippen LogP contribution < -0.4 is 10.2 Å². The maximum absolute atomic E-state index is 13.0. The summed E-state index contributed by atoms with van der Waals surface area (Å²) in [6, 6.07) is 6.23. The van der Waals surface area contributed by atoms with Crippen molar-refractivity contribution in [3.05, 3.63) is 41.5 Å². The minimum atomic E-state index is -0.268. The Balaban J connectivity index is 1.61. The molecule has 2 heterocycles. The lowest BCUT2D eigenvalue weighted by Gasteiger charge is -2.30. The molecule has 0 spiro atoms. The molecule has 0 bridgehead atoms. The third-order valence-electron chi connectivity index (χ3n) is 4.35. The number of rotatable bonds is 6. The number of carbonyl (C=O) groups is 1. The lowest BCUT2D eigenvalue weighted by molar-refractivity contribution is -0.125. The first-order chi connectivity index (χ1) is 12.2. The van der Waals surface area contributed by atoms with Crippen LogP contribution in [-0.4, -0.2) is 35.7 Å². The fraction of sp³-hybridized carbons (Fsp3) is 0.500. The summed E-state index contributed by atoms with van der Waals surface area (Å²) < 4.78 is 18.3. The molecule has 0 saturated carbocycles. The van der Waals surface area contributed by atoms with Crippen LogP contribution in [0.3, 0.4) is 0 Å². The van der Waals surface area contributed by atoms with Gasteiger partial charge < -0.3 is 14.7 Å². The molecule has 1 aliphatic rings. The van der Waals surface area contributed by atoms with Gasteiger partial charge >= 0.3 is 0 Å².